The third kappa shape index (κ3) is 3.89. The second-order valence-electron chi connectivity index (χ2n) is 6.68. The van der Waals surface area contributed by atoms with Gasteiger partial charge in [0, 0.05) is 18.3 Å². The Hall–Kier alpha value is -3.12. The number of aliphatic imine (C=N–C) groups is 1. The van der Waals surface area contributed by atoms with Gasteiger partial charge in [-0.1, -0.05) is 30.3 Å². The molecular weight excluding hydrogens is 384 g/mol. The van der Waals surface area contributed by atoms with Gasteiger partial charge in [0.2, 0.25) is 0 Å². The number of ether oxygens (including phenoxy) is 1. The van der Waals surface area contributed by atoms with Crippen LogP contribution in [-0.4, -0.2) is 27.8 Å². The molecule has 3 aromatic carbocycles. The van der Waals surface area contributed by atoms with Crippen LogP contribution in [0.15, 0.2) is 82.7 Å². The van der Waals surface area contributed by atoms with E-state index in [0.29, 0.717) is 18.8 Å². The summed E-state index contributed by atoms with van der Waals surface area (Å²) in [5, 5.41) is 0. The maximum atomic E-state index is 13.1. The van der Waals surface area contributed by atoms with Crippen LogP contribution in [0.25, 0.3) is 0 Å². The van der Waals surface area contributed by atoms with E-state index < -0.39 is 10.0 Å². The molecule has 1 heterocycles. The average molecular weight is 407 g/mol. The van der Waals surface area contributed by atoms with Gasteiger partial charge in [-0.15, -0.1) is 0 Å². The second kappa shape index (κ2) is 8.09. The molecule has 0 saturated carbocycles. The van der Waals surface area contributed by atoms with E-state index in [-0.39, 0.29) is 4.90 Å². The van der Waals surface area contributed by atoms with Crippen LogP contribution in [0.1, 0.15) is 18.1 Å². The van der Waals surface area contributed by atoms with Crippen LogP contribution < -0.4 is 9.04 Å². The van der Waals surface area contributed by atoms with E-state index in [0.717, 1.165) is 29.0 Å². The third-order valence-electron chi connectivity index (χ3n) is 4.84. The fourth-order valence-electron chi connectivity index (χ4n) is 3.41. The van der Waals surface area contributed by atoms with Crippen molar-refractivity contribution in [1.82, 2.24) is 0 Å². The summed E-state index contributed by atoms with van der Waals surface area (Å²) < 4.78 is 33.2. The number of hydrogen-bond donors (Lipinski definition) is 0. The van der Waals surface area contributed by atoms with Gasteiger partial charge < -0.3 is 4.74 Å². The number of anilines is 1. The average Bonchev–Trinajstić information content (AvgIpc) is 3.19. The van der Waals surface area contributed by atoms with Gasteiger partial charge in [0.05, 0.1) is 22.9 Å². The molecule has 0 bridgehead atoms. The van der Waals surface area contributed by atoms with Gasteiger partial charge in [0.1, 0.15) is 5.75 Å². The van der Waals surface area contributed by atoms with Crippen LogP contribution in [0.5, 0.6) is 5.75 Å². The van der Waals surface area contributed by atoms with Gasteiger partial charge in [-0.3, -0.25) is 9.30 Å². The summed E-state index contributed by atoms with van der Waals surface area (Å²) in [5.41, 5.74) is 3.38. The van der Waals surface area contributed by atoms with E-state index in [1.807, 2.05) is 55.5 Å². The zero-order valence-electron chi connectivity index (χ0n) is 16.2. The molecule has 3 aromatic rings. The fourth-order valence-corrected chi connectivity index (χ4v) is 4.91. The molecule has 0 fully saturated rings. The Bertz CT molecular complexity index is 1140. The molecular formula is C23H22N2O3S. The first-order valence-corrected chi connectivity index (χ1v) is 11.0. The van der Waals surface area contributed by atoms with Crippen molar-refractivity contribution < 1.29 is 13.2 Å². The van der Waals surface area contributed by atoms with E-state index in [1.165, 1.54) is 4.31 Å². The van der Waals surface area contributed by atoms with Gasteiger partial charge in [-0.05, 0) is 61.4 Å². The fraction of sp³-hybridized carbons (Fsp3) is 0.174. The van der Waals surface area contributed by atoms with Crippen molar-refractivity contribution in [2.45, 2.75) is 18.2 Å². The molecule has 0 aromatic heterocycles. The lowest BCUT2D eigenvalue weighted by Crippen LogP contribution is -2.29. The minimum atomic E-state index is -3.59. The maximum absolute atomic E-state index is 13.1. The highest BCUT2D eigenvalue weighted by Gasteiger charge is 2.30. The van der Waals surface area contributed by atoms with E-state index >= 15 is 0 Å². The van der Waals surface area contributed by atoms with Crippen molar-refractivity contribution in [2.75, 3.05) is 17.5 Å². The molecule has 1 aliphatic rings. The van der Waals surface area contributed by atoms with Crippen LogP contribution in [-0.2, 0) is 16.4 Å². The first-order valence-electron chi connectivity index (χ1n) is 9.56. The number of benzene rings is 3. The Balaban J connectivity index is 1.56. The summed E-state index contributed by atoms with van der Waals surface area (Å²) >= 11 is 0. The Morgan fingerprint density at radius 1 is 1.00 bits per heavy atom. The normalized spacial score (nSPS) is 13.6. The minimum absolute atomic E-state index is 0.267. The molecule has 4 rings (SSSR count). The van der Waals surface area contributed by atoms with E-state index in [2.05, 4.69) is 4.99 Å². The van der Waals surface area contributed by atoms with Crippen LogP contribution in [0.3, 0.4) is 0 Å². The minimum Gasteiger partial charge on any atom is -0.493 e. The Morgan fingerprint density at radius 2 is 1.72 bits per heavy atom. The van der Waals surface area contributed by atoms with E-state index in [4.69, 9.17) is 4.74 Å². The Morgan fingerprint density at radius 3 is 2.52 bits per heavy atom. The summed E-state index contributed by atoms with van der Waals surface area (Å²) in [6.45, 7) is 2.98. The van der Waals surface area contributed by atoms with Crippen LogP contribution in [0.4, 0.5) is 11.4 Å². The van der Waals surface area contributed by atoms with Crippen molar-refractivity contribution in [1.29, 1.82) is 0 Å². The second-order valence-corrected chi connectivity index (χ2v) is 8.54. The molecule has 1 aliphatic heterocycles. The smallest absolute Gasteiger partial charge is 0.264 e. The number of hydrogen-bond acceptors (Lipinski definition) is 4. The molecule has 5 nitrogen and oxygen atoms in total. The number of fused-ring (bicyclic) bond motifs is 1. The summed E-state index contributed by atoms with van der Waals surface area (Å²) in [5.74, 6) is 0.769. The van der Waals surface area contributed by atoms with Gasteiger partial charge >= 0.3 is 0 Å². The first kappa shape index (κ1) is 19.2. The summed E-state index contributed by atoms with van der Waals surface area (Å²) in [6, 6.07) is 21.9. The summed E-state index contributed by atoms with van der Waals surface area (Å²) in [6.07, 6.45) is 2.46. The van der Waals surface area contributed by atoms with Gasteiger partial charge in [0.25, 0.3) is 10.0 Å². The van der Waals surface area contributed by atoms with Crippen molar-refractivity contribution in [3.05, 3.63) is 83.9 Å². The summed E-state index contributed by atoms with van der Waals surface area (Å²) in [7, 11) is -3.59. The Labute approximate surface area is 171 Å². The van der Waals surface area contributed by atoms with Crippen LogP contribution >= 0.6 is 0 Å². The molecule has 0 radical (unpaired) electrons. The third-order valence-corrected chi connectivity index (χ3v) is 6.67. The molecule has 0 atom stereocenters. The lowest BCUT2D eigenvalue weighted by molar-refractivity contribution is 0.340. The SMILES string of the molecule is CCOc1ccccc1C=Nc1ccc(S(=O)(=O)N2CCc3ccccc32)cc1. The molecule has 29 heavy (non-hydrogen) atoms. The number of sulfonamides is 1. The van der Waals surface area contributed by atoms with Gasteiger partial charge in [0.15, 0.2) is 0 Å². The molecule has 0 N–H and O–H groups in total. The molecule has 148 valence electrons. The molecule has 0 saturated heterocycles. The van der Waals surface area contributed by atoms with Crippen molar-refractivity contribution in [3.8, 4) is 5.75 Å². The van der Waals surface area contributed by atoms with Gasteiger partial charge in [-0.2, -0.15) is 0 Å². The lowest BCUT2D eigenvalue weighted by Gasteiger charge is -2.19. The van der Waals surface area contributed by atoms with Gasteiger partial charge in [-0.25, -0.2) is 8.42 Å². The zero-order chi connectivity index (χ0) is 20.3. The molecule has 0 spiro atoms. The first-order chi connectivity index (χ1) is 14.1. The molecule has 0 amide bonds. The standard InChI is InChI=1S/C23H22N2O3S/c1-2-28-23-10-6-4-8-19(23)17-24-20-11-13-21(14-12-20)29(26,27)25-16-15-18-7-3-5-9-22(18)25/h3-14,17H,2,15-16H2,1H3. The van der Waals surface area contributed by atoms with Crippen molar-refractivity contribution in [3.63, 3.8) is 0 Å². The van der Waals surface area contributed by atoms with E-state index in [1.54, 1.807) is 30.5 Å². The monoisotopic (exact) mass is 406 g/mol. The topological polar surface area (TPSA) is 59.0 Å². The van der Waals surface area contributed by atoms with Crippen LogP contribution in [0.2, 0.25) is 0 Å². The highest BCUT2D eigenvalue weighted by atomic mass is 32.2. The van der Waals surface area contributed by atoms with Crippen molar-refractivity contribution in [2.24, 2.45) is 4.99 Å². The largest absolute Gasteiger partial charge is 0.493 e. The highest BCUT2D eigenvalue weighted by molar-refractivity contribution is 7.92. The summed E-state index contributed by atoms with van der Waals surface area (Å²) in [4.78, 5) is 4.73. The quantitative estimate of drug-likeness (QED) is 0.563. The number of nitrogens with zero attached hydrogens (tertiary/aromatic N) is 2. The zero-order valence-corrected chi connectivity index (χ0v) is 17.0. The predicted octanol–water partition coefficient (Wildman–Crippen LogP) is 4.59. The molecule has 0 aliphatic carbocycles. The van der Waals surface area contributed by atoms with Crippen LogP contribution in [0, 0.1) is 0 Å². The van der Waals surface area contributed by atoms with Crippen molar-refractivity contribution >= 4 is 27.6 Å². The maximum Gasteiger partial charge on any atom is 0.264 e. The predicted molar refractivity (Wildman–Crippen MR) is 116 cm³/mol. The Kier molecular flexibility index (Phi) is 5.36. The highest BCUT2D eigenvalue weighted by Crippen LogP contribution is 2.33. The number of rotatable bonds is 6. The molecule has 0 unspecified atom stereocenters. The number of para-hydroxylation sites is 2. The van der Waals surface area contributed by atoms with E-state index in [9.17, 15) is 8.42 Å². The molecule has 6 heteroatoms. The lowest BCUT2D eigenvalue weighted by atomic mass is 10.2.